The first-order valence-corrected chi connectivity index (χ1v) is 11.1. The maximum absolute atomic E-state index is 12.2. The van der Waals surface area contributed by atoms with Crippen molar-refractivity contribution in [2.24, 2.45) is 0 Å². The van der Waals surface area contributed by atoms with E-state index in [1.807, 2.05) is 31.2 Å². The number of benzene rings is 1. The van der Waals surface area contributed by atoms with E-state index in [1.54, 1.807) is 11.3 Å². The lowest BCUT2D eigenvalue weighted by molar-refractivity contribution is 0.0331. The molecule has 3 aromatic rings. The third-order valence-corrected chi connectivity index (χ3v) is 6.37. The molecule has 0 atom stereocenters. The highest BCUT2D eigenvalue weighted by atomic mass is 32.1. The molecule has 30 heavy (non-hydrogen) atoms. The van der Waals surface area contributed by atoms with E-state index in [0.717, 1.165) is 53.8 Å². The van der Waals surface area contributed by atoms with Gasteiger partial charge in [-0.3, -0.25) is 9.69 Å². The number of ether oxygens (including phenoxy) is 1. The van der Waals surface area contributed by atoms with Crippen LogP contribution in [0.4, 0.5) is 11.5 Å². The van der Waals surface area contributed by atoms with Crippen LogP contribution in [0.25, 0.3) is 10.2 Å². The Balaban J connectivity index is 1.68. The summed E-state index contributed by atoms with van der Waals surface area (Å²) in [7, 11) is 0. The largest absolute Gasteiger partial charge is 0.379 e. The van der Waals surface area contributed by atoms with E-state index >= 15 is 0 Å². The molecule has 0 unspecified atom stereocenters. The molecule has 1 aliphatic heterocycles. The number of carbonyl (C=O) groups is 1. The molecule has 0 bridgehead atoms. The molecule has 2 aromatic heterocycles. The quantitative estimate of drug-likeness (QED) is 0.628. The van der Waals surface area contributed by atoms with Crippen molar-refractivity contribution in [3.8, 4) is 0 Å². The number of thiophene rings is 1. The Hall–Kier alpha value is -2.55. The molecular formula is C22H27N5O2S. The third-order valence-electron chi connectivity index (χ3n) is 5.27. The summed E-state index contributed by atoms with van der Waals surface area (Å²) < 4.78 is 5.45. The maximum atomic E-state index is 12.2. The van der Waals surface area contributed by atoms with Crippen LogP contribution in [0.5, 0.6) is 0 Å². The van der Waals surface area contributed by atoms with Crippen LogP contribution in [0.3, 0.4) is 0 Å². The van der Waals surface area contributed by atoms with Gasteiger partial charge in [0.2, 0.25) is 0 Å². The number of carbonyl (C=O) groups excluding carboxylic acids is 1. The van der Waals surface area contributed by atoms with E-state index in [1.165, 1.54) is 10.4 Å². The zero-order valence-electron chi connectivity index (χ0n) is 17.6. The summed E-state index contributed by atoms with van der Waals surface area (Å²) in [4.78, 5) is 26.5. The first-order valence-electron chi connectivity index (χ1n) is 10.3. The van der Waals surface area contributed by atoms with Crippen LogP contribution in [-0.4, -0.2) is 53.6 Å². The lowest BCUT2D eigenvalue weighted by atomic mass is 10.1. The molecule has 8 heteroatoms. The number of nitrogens with zero attached hydrogens (tertiary/aromatic N) is 3. The number of hydrogen-bond donors (Lipinski definition) is 2. The molecule has 7 nitrogen and oxygen atoms in total. The predicted octanol–water partition coefficient (Wildman–Crippen LogP) is 3.63. The summed E-state index contributed by atoms with van der Waals surface area (Å²) in [5.41, 5.74) is 2.65. The Morgan fingerprint density at radius 1 is 1.23 bits per heavy atom. The summed E-state index contributed by atoms with van der Waals surface area (Å²) in [5, 5.41) is 7.34. The van der Waals surface area contributed by atoms with Gasteiger partial charge in [-0.15, -0.1) is 11.3 Å². The second-order valence-corrected chi connectivity index (χ2v) is 8.61. The maximum Gasteiger partial charge on any atom is 0.251 e. The molecule has 0 saturated carbocycles. The van der Waals surface area contributed by atoms with Crippen molar-refractivity contribution < 1.29 is 9.53 Å². The molecule has 0 spiro atoms. The van der Waals surface area contributed by atoms with Gasteiger partial charge >= 0.3 is 0 Å². The number of amides is 1. The van der Waals surface area contributed by atoms with Crippen molar-refractivity contribution in [3.05, 3.63) is 46.1 Å². The fraction of sp³-hybridized carbons (Fsp3) is 0.409. The molecule has 0 radical (unpaired) electrons. The van der Waals surface area contributed by atoms with Crippen LogP contribution in [0.2, 0.25) is 0 Å². The molecule has 1 amide bonds. The molecule has 158 valence electrons. The first-order chi connectivity index (χ1) is 14.5. The van der Waals surface area contributed by atoms with Gasteiger partial charge in [-0.05, 0) is 44.5 Å². The van der Waals surface area contributed by atoms with Crippen LogP contribution < -0.4 is 10.6 Å². The zero-order valence-corrected chi connectivity index (χ0v) is 18.4. The van der Waals surface area contributed by atoms with Crippen molar-refractivity contribution in [3.63, 3.8) is 0 Å². The van der Waals surface area contributed by atoms with E-state index in [4.69, 9.17) is 14.7 Å². The van der Waals surface area contributed by atoms with Gasteiger partial charge in [0.25, 0.3) is 5.91 Å². The Kier molecular flexibility index (Phi) is 6.26. The highest BCUT2D eigenvalue weighted by molar-refractivity contribution is 7.18. The number of fused-ring (bicyclic) bond motifs is 1. The van der Waals surface area contributed by atoms with E-state index in [-0.39, 0.29) is 5.91 Å². The van der Waals surface area contributed by atoms with Gasteiger partial charge in [-0.2, -0.15) is 0 Å². The van der Waals surface area contributed by atoms with Gasteiger partial charge in [-0.25, -0.2) is 9.97 Å². The molecule has 1 aliphatic rings. The highest BCUT2D eigenvalue weighted by Crippen LogP contribution is 2.34. The predicted molar refractivity (Wildman–Crippen MR) is 121 cm³/mol. The summed E-state index contributed by atoms with van der Waals surface area (Å²) in [6, 6.07) is 7.50. The van der Waals surface area contributed by atoms with Crippen molar-refractivity contribution in [2.45, 2.75) is 27.3 Å². The average molecular weight is 426 g/mol. The van der Waals surface area contributed by atoms with E-state index in [0.29, 0.717) is 18.7 Å². The SMILES string of the molecule is CCNC(=O)c1cccc(Nc2nc(CN3CCOCC3)nc3sc(C)c(C)c23)c1. The fourth-order valence-electron chi connectivity index (χ4n) is 3.55. The van der Waals surface area contributed by atoms with Crippen molar-refractivity contribution in [1.29, 1.82) is 0 Å². The van der Waals surface area contributed by atoms with Crippen molar-refractivity contribution >= 4 is 39.0 Å². The van der Waals surface area contributed by atoms with E-state index in [9.17, 15) is 4.79 Å². The number of nitrogens with one attached hydrogen (secondary N) is 2. The summed E-state index contributed by atoms with van der Waals surface area (Å²) in [5.74, 6) is 1.51. The van der Waals surface area contributed by atoms with Gasteiger partial charge in [0.1, 0.15) is 16.5 Å². The minimum Gasteiger partial charge on any atom is -0.379 e. The molecular weight excluding hydrogens is 398 g/mol. The van der Waals surface area contributed by atoms with Gasteiger partial charge in [0, 0.05) is 35.8 Å². The number of morpholine rings is 1. The topological polar surface area (TPSA) is 79.4 Å². The number of hydrogen-bond acceptors (Lipinski definition) is 7. The lowest BCUT2D eigenvalue weighted by Crippen LogP contribution is -2.36. The molecule has 3 heterocycles. The summed E-state index contributed by atoms with van der Waals surface area (Å²) in [6.07, 6.45) is 0. The number of aromatic nitrogens is 2. The van der Waals surface area contributed by atoms with E-state index < -0.39 is 0 Å². The molecule has 0 aliphatic carbocycles. The average Bonchev–Trinajstić information content (AvgIpc) is 3.03. The van der Waals surface area contributed by atoms with Crippen LogP contribution >= 0.6 is 11.3 Å². The van der Waals surface area contributed by atoms with Crippen LogP contribution in [0.1, 0.15) is 33.5 Å². The molecule has 2 N–H and O–H groups in total. The van der Waals surface area contributed by atoms with Gasteiger partial charge in [0.15, 0.2) is 0 Å². The standard InChI is InChI=1S/C22H27N5O2S/c1-4-23-21(28)16-6-5-7-17(12-16)24-20-19-14(2)15(3)30-22(19)26-18(25-20)13-27-8-10-29-11-9-27/h5-7,12H,4,8-11,13H2,1-3H3,(H,23,28)(H,24,25,26). The lowest BCUT2D eigenvalue weighted by Gasteiger charge is -2.25. The van der Waals surface area contributed by atoms with Crippen LogP contribution in [0.15, 0.2) is 24.3 Å². The number of rotatable bonds is 6. The normalized spacial score (nSPS) is 14.8. The molecule has 4 rings (SSSR count). The summed E-state index contributed by atoms with van der Waals surface area (Å²) in [6.45, 7) is 10.7. The van der Waals surface area contributed by atoms with Gasteiger partial charge < -0.3 is 15.4 Å². The van der Waals surface area contributed by atoms with Gasteiger partial charge in [0.05, 0.1) is 25.1 Å². The van der Waals surface area contributed by atoms with E-state index in [2.05, 4.69) is 29.4 Å². The van der Waals surface area contributed by atoms with Crippen molar-refractivity contribution in [1.82, 2.24) is 20.2 Å². The molecule has 1 saturated heterocycles. The van der Waals surface area contributed by atoms with Crippen molar-refractivity contribution in [2.75, 3.05) is 38.2 Å². The van der Waals surface area contributed by atoms with Crippen LogP contribution in [0, 0.1) is 13.8 Å². The first kappa shape index (κ1) is 20.7. The Morgan fingerprint density at radius 2 is 2.03 bits per heavy atom. The Morgan fingerprint density at radius 3 is 2.80 bits per heavy atom. The minimum atomic E-state index is -0.0791. The van der Waals surface area contributed by atoms with Crippen LogP contribution in [-0.2, 0) is 11.3 Å². The molecule has 1 fully saturated rings. The smallest absolute Gasteiger partial charge is 0.251 e. The Labute approximate surface area is 180 Å². The minimum absolute atomic E-state index is 0.0791. The van der Waals surface area contributed by atoms with Gasteiger partial charge in [-0.1, -0.05) is 6.07 Å². The second-order valence-electron chi connectivity index (χ2n) is 7.41. The fourth-order valence-corrected chi connectivity index (χ4v) is 4.60. The highest BCUT2D eigenvalue weighted by Gasteiger charge is 2.18. The number of anilines is 2. The number of aryl methyl sites for hydroxylation is 2. The third kappa shape index (κ3) is 4.45. The Bertz CT molecular complexity index is 1060. The molecule has 1 aromatic carbocycles. The zero-order chi connectivity index (χ0) is 21.1. The second kappa shape index (κ2) is 9.07. The monoisotopic (exact) mass is 425 g/mol. The summed E-state index contributed by atoms with van der Waals surface area (Å²) >= 11 is 1.70.